The molecule has 3 aliphatic carbocycles. The number of nitrogens with zero attached hydrogens (tertiary/aromatic N) is 1. The molecule has 308 valence electrons. The first-order valence-corrected chi connectivity index (χ1v) is 19.8. The van der Waals surface area contributed by atoms with Gasteiger partial charge in [-0.05, 0) is 77.0 Å². The highest BCUT2D eigenvalue weighted by atomic mass is 16.8. The quantitative estimate of drug-likeness (QED) is 0.0855. The van der Waals surface area contributed by atoms with Crippen LogP contribution in [0.2, 0.25) is 0 Å². The number of carbonyl (C=O) groups excluding carboxylic acids is 4. The van der Waals surface area contributed by atoms with Crippen LogP contribution >= 0.6 is 0 Å². The van der Waals surface area contributed by atoms with E-state index in [1.165, 1.54) is 18.2 Å². The maximum absolute atomic E-state index is 15.0. The van der Waals surface area contributed by atoms with E-state index in [-0.39, 0.29) is 50.9 Å². The molecule has 3 heterocycles. The van der Waals surface area contributed by atoms with Crippen LogP contribution in [-0.4, -0.2) is 124 Å². The summed E-state index contributed by atoms with van der Waals surface area (Å²) < 4.78 is 30.4. The second-order valence-corrected chi connectivity index (χ2v) is 17.0. The molecule has 5 N–H and O–H groups in total. The molecule has 3 saturated heterocycles. The summed E-state index contributed by atoms with van der Waals surface area (Å²) in [7, 11) is 0. The van der Waals surface area contributed by atoms with Gasteiger partial charge in [0.05, 0.1) is 38.2 Å². The molecule has 2 amide bonds. The fourth-order valence-electron chi connectivity index (χ4n) is 8.75. The minimum absolute atomic E-state index is 0.0284. The largest absolute Gasteiger partial charge is 0.499 e. The number of aliphatic hydroxyl groups is 3. The molecule has 0 unspecified atom stereocenters. The Balaban J connectivity index is 1.15. The van der Waals surface area contributed by atoms with E-state index in [2.05, 4.69) is 10.6 Å². The smallest absolute Gasteiger partial charge is 0.327 e. The molecular weight excluding hydrogens is 730 g/mol. The number of fused-ring (bicyclic) bond motifs is 4. The fraction of sp³-hybridized carbons (Fsp3) is 0.700. The molecule has 2 bridgehead atoms. The van der Waals surface area contributed by atoms with Crippen molar-refractivity contribution in [3.8, 4) is 0 Å². The van der Waals surface area contributed by atoms with E-state index in [1.807, 2.05) is 24.3 Å². The van der Waals surface area contributed by atoms with Crippen LogP contribution in [0.4, 0.5) is 0 Å². The van der Waals surface area contributed by atoms with Crippen molar-refractivity contribution in [2.24, 2.45) is 17.3 Å². The normalized spacial score (nSPS) is 30.9. The molecule has 6 fully saturated rings. The number of benzene rings is 1. The van der Waals surface area contributed by atoms with Crippen LogP contribution in [0.15, 0.2) is 30.5 Å². The molecule has 16 nitrogen and oxygen atoms in total. The summed E-state index contributed by atoms with van der Waals surface area (Å²) in [6, 6.07) is 3.83. The third kappa shape index (κ3) is 8.06. The first kappa shape index (κ1) is 40.6. The SMILES string of the molecule is C[C@H](O)[C@@H](NC(=O)[C@@]12C[C@H]3OC(=O)[C@@H]1N(Cc1cccc(C=COCCO)c1)O[C@@H]2[C@H]1OC(C2CC2)(C2CC2)O[C@H]13)C(=O)N[C@H](CO)CCC(=O)OC(C)(C)C. The lowest BCUT2D eigenvalue weighted by Crippen LogP contribution is -2.71. The Labute approximate surface area is 326 Å². The molecule has 1 aromatic carbocycles. The lowest BCUT2D eigenvalue weighted by Gasteiger charge is -2.49. The van der Waals surface area contributed by atoms with Crippen LogP contribution in [0.25, 0.3) is 6.08 Å². The van der Waals surface area contributed by atoms with Crippen molar-refractivity contribution in [3.05, 3.63) is 41.7 Å². The van der Waals surface area contributed by atoms with Crippen molar-refractivity contribution in [1.29, 1.82) is 0 Å². The monoisotopic (exact) mass is 785 g/mol. The summed E-state index contributed by atoms with van der Waals surface area (Å²) in [6.45, 7) is 6.17. The van der Waals surface area contributed by atoms with Crippen molar-refractivity contribution in [2.75, 3.05) is 19.8 Å². The topological polar surface area (TPSA) is 212 Å². The number of aliphatic hydroxyl groups excluding tert-OH is 3. The highest BCUT2D eigenvalue weighted by Crippen LogP contribution is 2.63. The Kier molecular flexibility index (Phi) is 11.6. The lowest BCUT2D eigenvalue weighted by atomic mass is 9.62. The summed E-state index contributed by atoms with van der Waals surface area (Å²) in [5.41, 5.74) is -0.765. The van der Waals surface area contributed by atoms with E-state index in [1.54, 1.807) is 26.8 Å². The van der Waals surface area contributed by atoms with Crippen molar-refractivity contribution < 1.29 is 63.0 Å². The van der Waals surface area contributed by atoms with E-state index in [9.17, 15) is 29.4 Å². The summed E-state index contributed by atoms with van der Waals surface area (Å²) >= 11 is 0. The first-order valence-electron chi connectivity index (χ1n) is 19.8. The van der Waals surface area contributed by atoms with Crippen LogP contribution < -0.4 is 10.6 Å². The average molecular weight is 786 g/mol. The molecule has 16 heteroatoms. The minimum Gasteiger partial charge on any atom is -0.499 e. The zero-order valence-electron chi connectivity index (χ0n) is 32.4. The second-order valence-electron chi connectivity index (χ2n) is 17.0. The Morgan fingerprint density at radius 3 is 2.43 bits per heavy atom. The van der Waals surface area contributed by atoms with Gasteiger partial charge in [0.2, 0.25) is 11.8 Å². The second kappa shape index (κ2) is 16.0. The molecule has 0 aromatic heterocycles. The zero-order valence-corrected chi connectivity index (χ0v) is 32.4. The Morgan fingerprint density at radius 2 is 1.79 bits per heavy atom. The number of hydroxylamine groups is 2. The average Bonchev–Trinajstić information content (AvgIpc) is 4.09. The summed E-state index contributed by atoms with van der Waals surface area (Å²) in [5.74, 6) is -3.14. The van der Waals surface area contributed by atoms with E-state index >= 15 is 0 Å². The van der Waals surface area contributed by atoms with Crippen LogP contribution in [0.5, 0.6) is 0 Å². The van der Waals surface area contributed by atoms with Crippen LogP contribution in [0.1, 0.15) is 83.8 Å². The Morgan fingerprint density at radius 1 is 1.07 bits per heavy atom. The molecule has 7 rings (SSSR count). The van der Waals surface area contributed by atoms with Gasteiger partial charge in [-0.25, -0.2) is 0 Å². The number of ether oxygens (including phenoxy) is 5. The van der Waals surface area contributed by atoms with E-state index in [0.29, 0.717) is 0 Å². The number of hydrogen-bond donors (Lipinski definition) is 5. The molecule has 3 saturated carbocycles. The molecule has 9 atom stereocenters. The molecule has 0 spiro atoms. The summed E-state index contributed by atoms with van der Waals surface area (Å²) in [4.78, 5) is 61.9. The summed E-state index contributed by atoms with van der Waals surface area (Å²) in [5, 5.41) is 36.8. The number of amides is 2. The van der Waals surface area contributed by atoms with Crippen molar-refractivity contribution in [1.82, 2.24) is 15.7 Å². The third-order valence-corrected chi connectivity index (χ3v) is 11.5. The van der Waals surface area contributed by atoms with Crippen LogP contribution in [0.3, 0.4) is 0 Å². The van der Waals surface area contributed by atoms with Gasteiger partial charge in [0, 0.05) is 24.7 Å². The van der Waals surface area contributed by atoms with Gasteiger partial charge in [-0.15, -0.1) is 0 Å². The number of hydrogen-bond acceptors (Lipinski definition) is 14. The lowest BCUT2D eigenvalue weighted by molar-refractivity contribution is -0.235. The van der Waals surface area contributed by atoms with Gasteiger partial charge in [0.25, 0.3) is 0 Å². The minimum atomic E-state index is -1.61. The number of nitrogens with one attached hydrogen (secondary N) is 2. The van der Waals surface area contributed by atoms with Gasteiger partial charge in [-0.2, -0.15) is 5.06 Å². The van der Waals surface area contributed by atoms with Gasteiger partial charge >= 0.3 is 11.9 Å². The fourth-order valence-corrected chi connectivity index (χ4v) is 8.75. The van der Waals surface area contributed by atoms with Gasteiger partial charge in [0.1, 0.15) is 48.1 Å². The van der Waals surface area contributed by atoms with Gasteiger partial charge < -0.3 is 49.6 Å². The zero-order chi connectivity index (χ0) is 40.0. The maximum Gasteiger partial charge on any atom is 0.327 e. The molecule has 56 heavy (non-hydrogen) atoms. The highest BCUT2D eigenvalue weighted by Gasteiger charge is 2.78. The molecule has 1 aromatic rings. The standard InChI is InChI=1S/C40H55N3O13/c1-22(46)30(35(48)41-27(21-45)12-13-29(47)53-38(2,3)4)42-37(50)39-19-28-31-32(55-40(54-31,25-8-9-25)26-10-11-26)34(39)56-43(33(39)36(49)52-28)20-24-7-5-6-23(18-24)14-16-51-17-15-44/h5-7,14,16,18,22,25-28,30-34,44-46H,8-13,15,17,19-21H2,1-4H3,(H,41,48)(H,42,50)/t22-,27-,28+,30+,31-,32-,33-,34+,39-/m0/s1. The summed E-state index contributed by atoms with van der Waals surface area (Å²) in [6.07, 6.45) is 2.33. The first-order chi connectivity index (χ1) is 26.7. The van der Waals surface area contributed by atoms with Crippen molar-refractivity contribution in [3.63, 3.8) is 0 Å². The van der Waals surface area contributed by atoms with Crippen molar-refractivity contribution >= 4 is 29.8 Å². The van der Waals surface area contributed by atoms with Crippen LogP contribution in [-0.2, 0) is 54.2 Å². The Hall–Kier alpha value is -3.64. The molecule has 6 aliphatic rings. The third-order valence-electron chi connectivity index (χ3n) is 11.5. The van der Waals surface area contributed by atoms with E-state index < -0.39 is 95.8 Å². The number of rotatable bonds is 17. The van der Waals surface area contributed by atoms with E-state index in [0.717, 1.165) is 36.8 Å². The number of carbonyl (C=O) groups is 4. The molecule has 3 aliphatic heterocycles. The Bertz CT molecular complexity index is 1660. The van der Waals surface area contributed by atoms with Gasteiger partial charge in [-0.1, -0.05) is 24.3 Å². The predicted octanol–water partition coefficient (Wildman–Crippen LogP) is 1.23. The number of esters is 2. The van der Waals surface area contributed by atoms with Gasteiger partial charge in [0.15, 0.2) is 11.8 Å². The van der Waals surface area contributed by atoms with E-state index in [4.69, 9.17) is 33.6 Å². The van der Waals surface area contributed by atoms with Gasteiger partial charge in [-0.3, -0.25) is 24.0 Å². The predicted molar refractivity (Wildman–Crippen MR) is 195 cm³/mol. The van der Waals surface area contributed by atoms with Crippen LogP contribution in [0, 0.1) is 17.3 Å². The highest BCUT2D eigenvalue weighted by molar-refractivity contribution is 5.96. The molecule has 0 radical (unpaired) electrons. The molecular formula is C40H55N3O13. The maximum atomic E-state index is 15.0. The van der Waals surface area contributed by atoms with Crippen molar-refractivity contribution in [2.45, 2.75) is 139 Å².